The van der Waals surface area contributed by atoms with Crippen LogP contribution >= 0.6 is 0 Å². The summed E-state index contributed by atoms with van der Waals surface area (Å²) in [5.74, 6) is 0.718. The minimum atomic E-state index is 0.0739. The Hall–Kier alpha value is -1.06. The fraction of sp³-hybridized carbons (Fsp3) is 0.727. The molecule has 0 aromatic heterocycles. The summed E-state index contributed by atoms with van der Waals surface area (Å²) >= 11 is 0. The number of nitrogens with two attached hydrogens (primary N) is 1. The Kier molecular flexibility index (Phi) is 6.93. The van der Waals surface area contributed by atoms with Crippen molar-refractivity contribution in [3.05, 3.63) is 29.8 Å². The maximum absolute atomic E-state index is 6.11. The monoisotopic (exact) mass is 347 g/mol. The quantitative estimate of drug-likeness (QED) is 0.724. The van der Waals surface area contributed by atoms with Gasteiger partial charge in [0, 0.05) is 38.4 Å². The highest BCUT2D eigenvalue weighted by molar-refractivity contribution is 5.45. The zero-order chi connectivity index (χ0) is 18.5. The van der Waals surface area contributed by atoms with Gasteiger partial charge in [0.25, 0.3) is 0 Å². The summed E-state index contributed by atoms with van der Waals surface area (Å²) in [7, 11) is 4.18. The van der Waals surface area contributed by atoms with Gasteiger partial charge in [-0.05, 0) is 49.7 Å². The molecule has 0 spiro atoms. The van der Waals surface area contributed by atoms with Gasteiger partial charge in [0.05, 0.1) is 12.1 Å². The van der Waals surface area contributed by atoms with Crippen LogP contribution in [0.2, 0.25) is 0 Å². The van der Waals surface area contributed by atoms with Gasteiger partial charge in [0.15, 0.2) is 0 Å². The van der Waals surface area contributed by atoms with E-state index < -0.39 is 0 Å². The first-order valence-corrected chi connectivity index (χ1v) is 10.0. The molecule has 1 aromatic carbocycles. The van der Waals surface area contributed by atoms with E-state index >= 15 is 0 Å². The minimum Gasteiger partial charge on any atom is -0.378 e. The molecule has 0 aliphatic carbocycles. The molecule has 2 N–H and O–H groups in total. The Balaban J connectivity index is 1.87. The summed E-state index contributed by atoms with van der Waals surface area (Å²) in [5.41, 5.74) is 3.19. The molecule has 3 nitrogen and oxygen atoms in total. The van der Waals surface area contributed by atoms with Crippen molar-refractivity contribution in [1.29, 1.82) is 0 Å². The van der Waals surface area contributed by atoms with E-state index in [1.807, 2.05) is 0 Å². The van der Waals surface area contributed by atoms with Gasteiger partial charge in [-0.25, -0.2) is 0 Å². The third-order valence-corrected chi connectivity index (χ3v) is 6.43. The predicted molar refractivity (Wildman–Crippen MR) is 107 cm³/mol. The summed E-state index contributed by atoms with van der Waals surface area (Å²) in [6.07, 6.45) is 4.83. The number of nitrogens with zero attached hydrogens (tertiary/aromatic N) is 1. The topological polar surface area (TPSA) is 29.1 Å². The first-order chi connectivity index (χ1) is 11.8. The van der Waals surface area contributed by atoms with Gasteiger partial charge in [0.1, 0.15) is 6.54 Å². The van der Waals surface area contributed by atoms with Crippen molar-refractivity contribution in [2.75, 3.05) is 32.1 Å². The summed E-state index contributed by atoms with van der Waals surface area (Å²) < 4.78 is 6.11. The molecule has 0 saturated carbocycles. The maximum atomic E-state index is 6.11. The lowest BCUT2D eigenvalue weighted by Gasteiger charge is -2.48. The van der Waals surface area contributed by atoms with E-state index in [1.54, 1.807) is 0 Å². The first kappa shape index (κ1) is 20.3. The number of hydrogen-bond acceptors (Lipinski definition) is 2. The number of ether oxygens (including phenoxy) is 1. The highest BCUT2D eigenvalue weighted by atomic mass is 16.5. The molecule has 0 unspecified atom stereocenters. The van der Waals surface area contributed by atoms with Crippen molar-refractivity contribution >= 4 is 5.69 Å². The van der Waals surface area contributed by atoms with Crippen molar-refractivity contribution in [2.45, 2.75) is 65.5 Å². The van der Waals surface area contributed by atoms with E-state index in [1.165, 1.54) is 37.1 Å². The van der Waals surface area contributed by atoms with Gasteiger partial charge >= 0.3 is 0 Å². The molecule has 142 valence electrons. The van der Waals surface area contributed by atoms with Gasteiger partial charge in [-0.1, -0.05) is 32.9 Å². The Bertz CT molecular complexity index is 525. The number of benzene rings is 1. The normalized spacial score (nSPS) is 26.8. The molecular weight excluding hydrogens is 308 g/mol. The van der Waals surface area contributed by atoms with Gasteiger partial charge in [-0.2, -0.15) is 0 Å². The van der Waals surface area contributed by atoms with Crippen LogP contribution in [0, 0.1) is 11.3 Å². The van der Waals surface area contributed by atoms with E-state index in [0.29, 0.717) is 5.41 Å². The van der Waals surface area contributed by atoms with E-state index in [4.69, 9.17) is 4.74 Å². The Labute approximate surface area is 155 Å². The van der Waals surface area contributed by atoms with Gasteiger partial charge in [-0.15, -0.1) is 0 Å². The average Bonchev–Trinajstić information content (AvgIpc) is 2.59. The second-order valence-corrected chi connectivity index (χ2v) is 8.69. The van der Waals surface area contributed by atoms with Crippen LogP contribution in [-0.2, 0) is 11.3 Å². The summed E-state index contributed by atoms with van der Waals surface area (Å²) in [6.45, 7) is 12.6. The zero-order valence-corrected chi connectivity index (χ0v) is 17.3. The molecule has 1 saturated heterocycles. The van der Waals surface area contributed by atoms with Crippen molar-refractivity contribution < 1.29 is 10.1 Å². The fourth-order valence-electron chi connectivity index (χ4n) is 4.20. The molecule has 3 heteroatoms. The standard InChI is InChI=1S/C22H38N2O/c1-7-21(4)17-22(18(2)3,13-15-25-21)12-14-23-16-19-8-10-20(11-9-19)24(5)6/h8-11,18,23H,7,12-17H2,1-6H3/p+1/t21-,22-/m0/s1. The van der Waals surface area contributed by atoms with E-state index in [-0.39, 0.29) is 5.60 Å². The number of anilines is 1. The largest absolute Gasteiger partial charge is 0.378 e. The van der Waals surface area contributed by atoms with Gasteiger partial charge < -0.3 is 15.0 Å². The van der Waals surface area contributed by atoms with Gasteiger partial charge in [-0.3, -0.25) is 0 Å². The lowest BCUT2D eigenvalue weighted by Crippen LogP contribution is -2.83. The molecule has 1 fully saturated rings. The summed E-state index contributed by atoms with van der Waals surface area (Å²) in [6, 6.07) is 8.94. The predicted octanol–water partition coefficient (Wildman–Crippen LogP) is 3.83. The van der Waals surface area contributed by atoms with E-state index in [2.05, 4.69) is 76.3 Å². The molecule has 2 atom stereocenters. The van der Waals surface area contributed by atoms with Crippen molar-refractivity contribution in [3.8, 4) is 0 Å². The lowest BCUT2D eigenvalue weighted by molar-refractivity contribution is -0.672. The molecule has 0 bridgehead atoms. The molecule has 0 amide bonds. The maximum Gasteiger partial charge on any atom is 0.101 e. The molecule has 1 aliphatic heterocycles. The number of hydrogen-bond donors (Lipinski definition) is 1. The van der Waals surface area contributed by atoms with Crippen LogP contribution < -0.4 is 10.2 Å². The van der Waals surface area contributed by atoms with Crippen LogP contribution in [0.3, 0.4) is 0 Å². The molecule has 1 heterocycles. The van der Waals surface area contributed by atoms with Crippen molar-refractivity contribution in [3.63, 3.8) is 0 Å². The van der Waals surface area contributed by atoms with Crippen LogP contribution in [0.25, 0.3) is 0 Å². The third-order valence-electron chi connectivity index (χ3n) is 6.43. The molecule has 25 heavy (non-hydrogen) atoms. The summed E-state index contributed by atoms with van der Waals surface area (Å²) in [5, 5.41) is 2.48. The Morgan fingerprint density at radius 3 is 2.44 bits per heavy atom. The second kappa shape index (κ2) is 8.55. The molecule has 1 aromatic rings. The third kappa shape index (κ3) is 5.21. The first-order valence-electron chi connectivity index (χ1n) is 10.0. The minimum absolute atomic E-state index is 0.0739. The molecular formula is C22H39N2O+. The molecule has 1 aliphatic rings. The highest BCUT2D eigenvalue weighted by Crippen LogP contribution is 2.47. The molecule has 0 radical (unpaired) electrons. The van der Waals surface area contributed by atoms with Crippen LogP contribution in [0.1, 0.15) is 58.9 Å². The van der Waals surface area contributed by atoms with Crippen LogP contribution in [-0.4, -0.2) is 32.8 Å². The Morgan fingerprint density at radius 2 is 1.88 bits per heavy atom. The van der Waals surface area contributed by atoms with Crippen LogP contribution in [0.4, 0.5) is 5.69 Å². The van der Waals surface area contributed by atoms with E-state index in [0.717, 1.165) is 25.5 Å². The summed E-state index contributed by atoms with van der Waals surface area (Å²) in [4.78, 5) is 2.15. The highest BCUT2D eigenvalue weighted by Gasteiger charge is 2.44. The fourth-order valence-corrected chi connectivity index (χ4v) is 4.20. The van der Waals surface area contributed by atoms with E-state index in [9.17, 15) is 0 Å². The smallest absolute Gasteiger partial charge is 0.101 e. The lowest BCUT2D eigenvalue weighted by atomic mass is 9.64. The average molecular weight is 348 g/mol. The van der Waals surface area contributed by atoms with Crippen molar-refractivity contribution in [2.24, 2.45) is 11.3 Å². The van der Waals surface area contributed by atoms with Crippen LogP contribution in [0.5, 0.6) is 0 Å². The zero-order valence-electron chi connectivity index (χ0n) is 17.3. The number of rotatable bonds is 8. The van der Waals surface area contributed by atoms with Gasteiger partial charge in [0.2, 0.25) is 0 Å². The second-order valence-electron chi connectivity index (χ2n) is 8.69. The SMILES string of the molecule is CC[C@@]1(C)C[C@@](CC[NH2+]Cc2ccc(N(C)C)cc2)(C(C)C)CCO1. The molecule has 2 rings (SSSR count). The van der Waals surface area contributed by atoms with Crippen LogP contribution in [0.15, 0.2) is 24.3 Å². The van der Waals surface area contributed by atoms with Crippen molar-refractivity contribution in [1.82, 2.24) is 0 Å². The Morgan fingerprint density at radius 1 is 1.20 bits per heavy atom. The number of quaternary nitrogens is 1.